The van der Waals surface area contributed by atoms with Crippen LogP contribution in [0.15, 0.2) is 48.8 Å². The number of hydrogen-bond acceptors (Lipinski definition) is 6. The van der Waals surface area contributed by atoms with Crippen molar-refractivity contribution in [3.8, 4) is 6.07 Å². The average Bonchev–Trinajstić information content (AvgIpc) is 3.45. The van der Waals surface area contributed by atoms with Gasteiger partial charge in [-0.05, 0) is 24.5 Å². The number of nitrogens with zero attached hydrogens (tertiary/aromatic N) is 4. The Kier molecular flexibility index (Phi) is 4.72. The van der Waals surface area contributed by atoms with E-state index in [0.29, 0.717) is 24.0 Å². The van der Waals surface area contributed by atoms with Crippen LogP contribution >= 0.6 is 0 Å². The molecule has 1 aromatic carbocycles. The summed E-state index contributed by atoms with van der Waals surface area (Å²) in [4.78, 5) is 23.0. The molecule has 4 heterocycles. The van der Waals surface area contributed by atoms with E-state index in [9.17, 15) is 10.1 Å². The Hall–Kier alpha value is -3.24. The summed E-state index contributed by atoms with van der Waals surface area (Å²) in [5, 5.41) is 12.4. The fraction of sp³-hybridized carbons (Fsp3) is 0.391. The molecule has 7 heteroatoms. The third kappa shape index (κ3) is 3.23. The first-order valence-corrected chi connectivity index (χ1v) is 10.3. The summed E-state index contributed by atoms with van der Waals surface area (Å²) in [6.45, 7) is 2.08. The molecule has 2 aromatic rings. The average molecular weight is 401 g/mol. The summed E-state index contributed by atoms with van der Waals surface area (Å²) < 4.78 is 6.44. The first-order chi connectivity index (χ1) is 14.7. The van der Waals surface area contributed by atoms with Crippen LogP contribution in [-0.4, -0.2) is 47.2 Å². The van der Waals surface area contributed by atoms with E-state index < -0.39 is 0 Å². The molecule has 3 aliphatic heterocycles. The van der Waals surface area contributed by atoms with Crippen LogP contribution in [0.2, 0.25) is 0 Å². The summed E-state index contributed by atoms with van der Waals surface area (Å²) in [7, 11) is 0. The van der Waals surface area contributed by atoms with Crippen LogP contribution in [0.4, 0.5) is 5.82 Å². The predicted molar refractivity (Wildman–Crippen MR) is 111 cm³/mol. The zero-order chi connectivity index (χ0) is 20.6. The number of rotatable bonds is 5. The van der Waals surface area contributed by atoms with Gasteiger partial charge < -0.3 is 15.0 Å². The highest BCUT2D eigenvalue weighted by atomic mass is 16.5. The highest BCUT2D eigenvalue weighted by Crippen LogP contribution is 2.55. The first-order valence-electron chi connectivity index (χ1n) is 10.3. The number of ether oxygens (including phenoxy) is 1. The van der Waals surface area contributed by atoms with E-state index in [-0.39, 0.29) is 23.5 Å². The molecule has 1 aromatic heterocycles. The van der Waals surface area contributed by atoms with Gasteiger partial charge >= 0.3 is 0 Å². The second-order valence-corrected chi connectivity index (χ2v) is 8.24. The lowest BCUT2D eigenvalue weighted by Crippen LogP contribution is -2.41. The maximum atomic E-state index is 12.3. The van der Waals surface area contributed by atoms with Gasteiger partial charge in [-0.25, -0.2) is 9.97 Å². The fourth-order valence-electron chi connectivity index (χ4n) is 5.28. The van der Waals surface area contributed by atoms with Crippen molar-refractivity contribution < 1.29 is 9.53 Å². The van der Waals surface area contributed by atoms with Crippen molar-refractivity contribution in [2.45, 2.75) is 24.5 Å². The first kappa shape index (κ1) is 18.8. The van der Waals surface area contributed by atoms with Gasteiger partial charge in [-0.3, -0.25) is 4.79 Å². The third-order valence-corrected chi connectivity index (χ3v) is 6.61. The van der Waals surface area contributed by atoms with Gasteiger partial charge in [0.05, 0.1) is 11.7 Å². The van der Waals surface area contributed by atoms with Crippen molar-refractivity contribution in [3.63, 3.8) is 0 Å². The molecule has 0 unspecified atom stereocenters. The topological polar surface area (TPSA) is 91.1 Å². The smallest absolute Gasteiger partial charge is 0.244 e. The number of fused-ring (bicyclic) bond motifs is 1. The van der Waals surface area contributed by atoms with Crippen LogP contribution in [0, 0.1) is 23.2 Å². The standard InChI is InChI=1S/C23H23N5O2/c24-12-19-22(26-11-10-25-19)28-14-18-17(20-8-9-23(18,15-28)30-20)13-27-21(29)7-6-16-4-2-1-3-5-16/h1-7,10-11,17-18,20H,8-9,13-15H2,(H,27,29)/t17-,18+,20+,23+/m0/s1. The minimum absolute atomic E-state index is 0.0915. The molecule has 152 valence electrons. The summed E-state index contributed by atoms with van der Waals surface area (Å²) in [5.74, 6) is 1.11. The maximum Gasteiger partial charge on any atom is 0.244 e. The molecule has 5 rings (SSSR count). The number of amides is 1. The van der Waals surface area contributed by atoms with E-state index in [4.69, 9.17) is 4.74 Å². The Balaban J connectivity index is 1.26. The lowest BCUT2D eigenvalue weighted by Gasteiger charge is -2.29. The van der Waals surface area contributed by atoms with E-state index in [2.05, 4.69) is 26.3 Å². The Morgan fingerprint density at radius 2 is 2.17 bits per heavy atom. The summed E-state index contributed by atoms with van der Waals surface area (Å²) in [5.41, 5.74) is 1.14. The van der Waals surface area contributed by atoms with Crippen LogP contribution in [0.5, 0.6) is 0 Å². The van der Waals surface area contributed by atoms with Crippen LogP contribution in [-0.2, 0) is 9.53 Å². The summed E-state index contributed by atoms with van der Waals surface area (Å²) in [6, 6.07) is 11.9. The highest BCUT2D eigenvalue weighted by molar-refractivity contribution is 5.91. The minimum Gasteiger partial charge on any atom is -0.369 e. The molecule has 2 bridgehead atoms. The molecule has 3 fully saturated rings. The zero-order valence-electron chi connectivity index (χ0n) is 16.6. The van der Waals surface area contributed by atoms with Crippen LogP contribution in [0.25, 0.3) is 6.08 Å². The molecule has 0 aliphatic carbocycles. The van der Waals surface area contributed by atoms with E-state index >= 15 is 0 Å². The lowest BCUT2D eigenvalue weighted by molar-refractivity contribution is -0.116. The SMILES string of the molecule is N#Cc1nccnc1N1C[C@@H]2[C@H](CNC(=O)C=Cc3ccccc3)[C@H]3CC[C@]2(C1)O3. The number of nitriles is 1. The molecule has 0 radical (unpaired) electrons. The normalized spacial score (nSPS) is 29.2. The quantitative estimate of drug-likeness (QED) is 0.772. The molecule has 7 nitrogen and oxygen atoms in total. The Morgan fingerprint density at radius 1 is 1.33 bits per heavy atom. The van der Waals surface area contributed by atoms with Gasteiger partial charge in [-0.15, -0.1) is 0 Å². The number of carbonyl (C=O) groups is 1. The van der Waals surface area contributed by atoms with Gasteiger partial charge in [-0.2, -0.15) is 5.26 Å². The maximum absolute atomic E-state index is 12.3. The Bertz CT molecular complexity index is 1020. The number of aromatic nitrogens is 2. The van der Waals surface area contributed by atoms with Crippen molar-refractivity contribution in [2.75, 3.05) is 24.5 Å². The van der Waals surface area contributed by atoms with Gasteiger partial charge in [0, 0.05) is 49.9 Å². The molecule has 0 saturated carbocycles. The van der Waals surface area contributed by atoms with Crippen molar-refractivity contribution in [1.29, 1.82) is 5.26 Å². The number of hydrogen-bond donors (Lipinski definition) is 1. The third-order valence-electron chi connectivity index (χ3n) is 6.61. The number of benzene rings is 1. The van der Waals surface area contributed by atoms with Crippen molar-refractivity contribution >= 4 is 17.8 Å². The zero-order valence-corrected chi connectivity index (χ0v) is 16.6. The van der Waals surface area contributed by atoms with Gasteiger partial charge in [0.25, 0.3) is 0 Å². The number of nitrogens with one attached hydrogen (secondary N) is 1. The number of anilines is 1. The van der Waals surface area contributed by atoms with Gasteiger partial charge in [0.2, 0.25) is 5.91 Å². The minimum atomic E-state index is -0.204. The van der Waals surface area contributed by atoms with Gasteiger partial charge in [-0.1, -0.05) is 30.3 Å². The fourth-order valence-corrected chi connectivity index (χ4v) is 5.28. The van der Waals surface area contributed by atoms with Crippen LogP contribution < -0.4 is 10.2 Å². The summed E-state index contributed by atoms with van der Waals surface area (Å²) in [6.07, 6.45) is 8.78. The van der Waals surface area contributed by atoms with Crippen molar-refractivity contribution in [3.05, 3.63) is 60.1 Å². The van der Waals surface area contributed by atoms with E-state index in [0.717, 1.165) is 31.5 Å². The molecular formula is C23H23N5O2. The van der Waals surface area contributed by atoms with Crippen molar-refractivity contribution in [2.24, 2.45) is 11.8 Å². The second kappa shape index (κ2) is 7.54. The van der Waals surface area contributed by atoms with Crippen molar-refractivity contribution in [1.82, 2.24) is 15.3 Å². The van der Waals surface area contributed by atoms with Gasteiger partial charge in [0.1, 0.15) is 6.07 Å². The molecule has 4 atom stereocenters. The van der Waals surface area contributed by atoms with E-state index in [1.165, 1.54) is 0 Å². The molecule has 1 amide bonds. The second-order valence-electron chi connectivity index (χ2n) is 8.24. The van der Waals surface area contributed by atoms with Gasteiger partial charge in [0.15, 0.2) is 11.5 Å². The molecule has 3 aliphatic rings. The largest absolute Gasteiger partial charge is 0.369 e. The number of carbonyl (C=O) groups excluding carboxylic acids is 1. The predicted octanol–water partition coefficient (Wildman–Crippen LogP) is 2.16. The molecule has 1 N–H and O–H groups in total. The molecular weight excluding hydrogens is 378 g/mol. The van der Waals surface area contributed by atoms with E-state index in [1.807, 2.05) is 36.4 Å². The van der Waals surface area contributed by atoms with E-state index in [1.54, 1.807) is 18.5 Å². The molecule has 1 spiro atoms. The van der Waals surface area contributed by atoms with Crippen LogP contribution in [0.1, 0.15) is 24.1 Å². The van der Waals surface area contributed by atoms with Crippen LogP contribution in [0.3, 0.4) is 0 Å². The molecule has 3 saturated heterocycles. The Morgan fingerprint density at radius 3 is 3.00 bits per heavy atom. The summed E-state index contributed by atoms with van der Waals surface area (Å²) >= 11 is 0. The lowest BCUT2D eigenvalue weighted by atomic mass is 9.73. The Labute approximate surface area is 175 Å². The monoisotopic (exact) mass is 401 g/mol. The highest BCUT2D eigenvalue weighted by Gasteiger charge is 2.63. The molecule has 30 heavy (non-hydrogen) atoms.